The maximum absolute atomic E-state index is 12.4. The van der Waals surface area contributed by atoms with Crippen molar-refractivity contribution in [1.82, 2.24) is 15.3 Å². The Morgan fingerprint density at radius 3 is 2.62 bits per heavy atom. The van der Waals surface area contributed by atoms with E-state index in [4.69, 9.17) is 27.9 Å². The number of thiazole rings is 1. The first-order valence-corrected chi connectivity index (χ1v) is 11.5. The monoisotopic (exact) mass is 483 g/mol. The molecular weight excluding hydrogens is 465 g/mol. The topological polar surface area (TPSA) is 64.1 Å². The Hall–Kier alpha value is -2.93. The van der Waals surface area contributed by atoms with Gasteiger partial charge in [-0.3, -0.25) is 9.78 Å². The number of halogens is 2. The first-order chi connectivity index (χ1) is 15.6. The van der Waals surface area contributed by atoms with E-state index in [0.717, 1.165) is 27.6 Å². The highest BCUT2D eigenvalue weighted by Crippen LogP contribution is 2.27. The second kappa shape index (κ2) is 10.6. The van der Waals surface area contributed by atoms with Gasteiger partial charge in [-0.25, -0.2) is 4.98 Å². The third kappa shape index (κ3) is 5.85. The second-order valence-electron chi connectivity index (χ2n) is 6.93. The summed E-state index contributed by atoms with van der Waals surface area (Å²) < 4.78 is 5.81. The van der Waals surface area contributed by atoms with Crippen LogP contribution >= 0.6 is 34.5 Å². The molecule has 0 saturated carbocycles. The summed E-state index contributed by atoms with van der Waals surface area (Å²) in [5, 5.41) is 6.45. The molecule has 0 fully saturated rings. The van der Waals surface area contributed by atoms with Crippen molar-refractivity contribution in [2.24, 2.45) is 0 Å². The van der Waals surface area contributed by atoms with Crippen LogP contribution in [-0.4, -0.2) is 22.4 Å². The maximum atomic E-state index is 12.4. The number of pyridine rings is 1. The van der Waals surface area contributed by atoms with Gasteiger partial charge in [0.25, 0.3) is 5.91 Å². The largest absolute Gasteiger partial charge is 0.489 e. The van der Waals surface area contributed by atoms with Crippen molar-refractivity contribution >= 4 is 40.4 Å². The number of ether oxygens (including phenoxy) is 1. The lowest BCUT2D eigenvalue weighted by molar-refractivity contribution is 0.0950. The molecule has 4 rings (SSSR count). The van der Waals surface area contributed by atoms with E-state index in [1.807, 2.05) is 48.5 Å². The van der Waals surface area contributed by atoms with Crippen molar-refractivity contribution in [3.05, 3.63) is 99.2 Å². The fraction of sp³-hybridized carbons (Fsp3) is 0.125. The lowest BCUT2D eigenvalue weighted by Gasteiger charge is -2.07. The number of hydrogen-bond acceptors (Lipinski definition) is 5. The first-order valence-electron chi connectivity index (χ1n) is 9.89. The second-order valence-corrected chi connectivity index (χ2v) is 8.60. The predicted molar refractivity (Wildman–Crippen MR) is 129 cm³/mol. The molecule has 162 valence electrons. The minimum absolute atomic E-state index is 0.190. The van der Waals surface area contributed by atoms with E-state index in [1.165, 1.54) is 11.3 Å². The van der Waals surface area contributed by atoms with Crippen LogP contribution in [0.1, 0.15) is 21.7 Å². The Labute approximate surface area is 200 Å². The van der Waals surface area contributed by atoms with Gasteiger partial charge in [-0.15, -0.1) is 11.3 Å². The summed E-state index contributed by atoms with van der Waals surface area (Å²) in [6.07, 6.45) is 2.42. The molecule has 0 spiro atoms. The number of aromatic nitrogens is 2. The molecular formula is C24H19Cl2N3O2S. The van der Waals surface area contributed by atoms with Gasteiger partial charge in [0.2, 0.25) is 0 Å². The van der Waals surface area contributed by atoms with E-state index in [0.29, 0.717) is 35.3 Å². The highest BCUT2D eigenvalue weighted by atomic mass is 35.5. The van der Waals surface area contributed by atoms with E-state index >= 15 is 0 Å². The minimum Gasteiger partial charge on any atom is -0.489 e. The van der Waals surface area contributed by atoms with Crippen LogP contribution < -0.4 is 10.1 Å². The molecule has 1 amide bonds. The Bertz CT molecular complexity index is 1200. The van der Waals surface area contributed by atoms with Gasteiger partial charge in [-0.2, -0.15) is 0 Å². The molecule has 0 aliphatic heterocycles. The van der Waals surface area contributed by atoms with Crippen LogP contribution in [0.5, 0.6) is 5.75 Å². The van der Waals surface area contributed by atoms with Gasteiger partial charge in [-0.1, -0.05) is 35.3 Å². The van der Waals surface area contributed by atoms with Gasteiger partial charge in [0.15, 0.2) is 0 Å². The number of hydrogen-bond donors (Lipinski definition) is 1. The number of rotatable bonds is 8. The van der Waals surface area contributed by atoms with Crippen molar-refractivity contribution in [2.45, 2.75) is 13.0 Å². The van der Waals surface area contributed by atoms with Crippen LogP contribution in [0.3, 0.4) is 0 Å². The van der Waals surface area contributed by atoms with Crippen LogP contribution in [0.15, 0.2) is 72.2 Å². The molecule has 1 N–H and O–H groups in total. The number of nitrogens with one attached hydrogen (secondary N) is 1. The molecule has 4 aromatic rings. The van der Waals surface area contributed by atoms with Gasteiger partial charge >= 0.3 is 0 Å². The molecule has 0 aliphatic rings. The number of carbonyl (C=O) groups is 1. The summed E-state index contributed by atoms with van der Waals surface area (Å²) in [5.41, 5.74) is 3.20. The van der Waals surface area contributed by atoms with E-state index in [-0.39, 0.29) is 5.91 Å². The summed E-state index contributed by atoms with van der Waals surface area (Å²) in [4.78, 5) is 21.1. The van der Waals surface area contributed by atoms with Crippen LogP contribution in [-0.2, 0) is 13.0 Å². The standard InChI is InChI=1S/C24H19Cl2N3O2S/c25-20-9-4-16(13-21(20)26)14-31-19-7-5-17(6-8-19)24-29-22(15-32-24)23(30)28-12-10-18-3-1-2-11-27-18/h1-9,11,13,15H,10,12,14H2,(H,28,30). The summed E-state index contributed by atoms with van der Waals surface area (Å²) >= 11 is 13.4. The van der Waals surface area contributed by atoms with Gasteiger partial charge in [0, 0.05) is 35.8 Å². The van der Waals surface area contributed by atoms with Crippen molar-refractivity contribution in [1.29, 1.82) is 0 Å². The molecule has 2 heterocycles. The van der Waals surface area contributed by atoms with Gasteiger partial charge in [0.1, 0.15) is 23.1 Å². The van der Waals surface area contributed by atoms with Crippen LogP contribution in [0.4, 0.5) is 0 Å². The van der Waals surface area contributed by atoms with E-state index < -0.39 is 0 Å². The summed E-state index contributed by atoms with van der Waals surface area (Å²) in [5.74, 6) is 0.536. The molecule has 2 aromatic heterocycles. The molecule has 2 aromatic carbocycles. The average Bonchev–Trinajstić information content (AvgIpc) is 3.31. The Kier molecular flexibility index (Phi) is 7.37. The van der Waals surface area contributed by atoms with Crippen molar-refractivity contribution in [2.75, 3.05) is 6.54 Å². The number of benzene rings is 2. The van der Waals surface area contributed by atoms with E-state index in [2.05, 4.69) is 15.3 Å². The maximum Gasteiger partial charge on any atom is 0.270 e. The summed E-state index contributed by atoms with van der Waals surface area (Å²) in [6, 6.07) is 18.7. The fourth-order valence-corrected chi connectivity index (χ4v) is 4.07. The normalized spacial score (nSPS) is 10.7. The Morgan fingerprint density at radius 2 is 1.88 bits per heavy atom. The minimum atomic E-state index is -0.190. The molecule has 0 unspecified atom stereocenters. The zero-order valence-corrected chi connectivity index (χ0v) is 19.3. The number of amides is 1. The van der Waals surface area contributed by atoms with Gasteiger partial charge < -0.3 is 10.1 Å². The predicted octanol–water partition coefficient (Wildman–Crippen LogP) is 6.06. The van der Waals surface area contributed by atoms with Crippen LogP contribution in [0, 0.1) is 0 Å². The summed E-state index contributed by atoms with van der Waals surface area (Å²) in [7, 11) is 0. The lowest BCUT2D eigenvalue weighted by Crippen LogP contribution is -2.26. The average molecular weight is 484 g/mol. The molecule has 5 nitrogen and oxygen atoms in total. The molecule has 32 heavy (non-hydrogen) atoms. The lowest BCUT2D eigenvalue weighted by atomic mass is 10.2. The van der Waals surface area contributed by atoms with Crippen molar-refractivity contribution in [3.8, 4) is 16.3 Å². The van der Waals surface area contributed by atoms with Crippen molar-refractivity contribution in [3.63, 3.8) is 0 Å². The quantitative estimate of drug-likeness (QED) is 0.330. The van der Waals surface area contributed by atoms with Crippen LogP contribution in [0.25, 0.3) is 10.6 Å². The molecule has 0 atom stereocenters. The Morgan fingerprint density at radius 1 is 1.03 bits per heavy atom. The fourth-order valence-electron chi connectivity index (χ4n) is 2.94. The number of carbonyl (C=O) groups excluding carboxylic acids is 1. The highest BCUT2D eigenvalue weighted by Gasteiger charge is 2.12. The number of nitrogens with zero attached hydrogens (tertiary/aromatic N) is 2. The van der Waals surface area contributed by atoms with Gasteiger partial charge in [-0.05, 0) is 54.1 Å². The molecule has 8 heteroatoms. The zero-order valence-electron chi connectivity index (χ0n) is 16.9. The van der Waals surface area contributed by atoms with Crippen LogP contribution in [0.2, 0.25) is 10.0 Å². The molecule has 0 bridgehead atoms. The molecule has 0 radical (unpaired) electrons. The third-order valence-electron chi connectivity index (χ3n) is 4.62. The van der Waals surface area contributed by atoms with Crippen molar-refractivity contribution < 1.29 is 9.53 Å². The third-order valence-corrected chi connectivity index (χ3v) is 6.25. The van der Waals surface area contributed by atoms with E-state index in [1.54, 1.807) is 23.7 Å². The summed E-state index contributed by atoms with van der Waals surface area (Å²) in [6.45, 7) is 0.893. The first kappa shape index (κ1) is 22.3. The smallest absolute Gasteiger partial charge is 0.270 e. The Balaban J connectivity index is 1.31. The molecule has 0 aliphatic carbocycles. The molecule has 0 saturated heterocycles. The van der Waals surface area contributed by atoms with E-state index in [9.17, 15) is 4.79 Å². The zero-order chi connectivity index (χ0) is 22.3. The van der Waals surface area contributed by atoms with Gasteiger partial charge in [0.05, 0.1) is 10.0 Å². The SMILES string of the molecule is O=C(NCCc1ccccn1)c1csc(-c2ccc(OCc3ccc(Cl)c(Cl)c3)cc2)n1. The highest BCUT2D eigenvalue weighted by molar-refractivity contribution is 7.13.